The van der Waals surface area contributed by atoms with Gasteiger partial charge in [-0.2, -0.15) is 193 Å². The fourth-order valence-electron chi connectivity index (χ4n) is 4.73. The Morgan fingerprint density at radius 2 is 0.506 bits per heavy atom. The third kappa shape index (κ3) is 10.7. The first-order valence-electron chi connectivity index (χ1n) is 17.5. The van der Waals surface area contributed by atoms with Crippen molar-refractivity contribution >= 4 is 22.1 Å². The van der Waals surface area contributed by atoms with E-state index in [0.717, 1.165) is 0 Å². The molecule has 8 nitrogen and oxygen atoms in total. The average molecular weight is 1310 g/mol. The van der Waals surface area contributed by atoms with E-state index in [9.17, 15) is 202 Å². The Balaban J connectivity index is 6.72. The normalized spacial score (nSPS) is 16.7. The van der Waals surface area contributed by atoms with Gasteiger partial charge in [-0.3, -0.25) is 9.59 Å². The van der Waals surface area contributed by atoms with E-state index in [1.807, 2.05) is 0 Å². The number of esters is 2. The van der Waals surface area contributed by atoms with Crippen LogP contribution in [0.4, 0.5) is 184 Å². The molecule has 0 aliphatic rings. The van der Waals surface area contributed by atoms with E-state index >= 15 is 0 Å². The minimum absolute atomic E-state index is 2.46. The van der Waals surface area contributed by atoms with Gasteiger partial charge in [-0.15, -0.1) is 4.33 Å². The number of rotatable bonds is 27. The first-order valence-corrected chi connectivity index (χ1v) is 19.0. The second kappa shape index (κ2) is 20.3. The van der Waals surface area contributed by atoms with Crippen molar-refractivity contribution in [2.75, 3.05) is 13.2 Å². The van der Waals surface area contributed by atoms with Crippen LogP contribution in [0.1, 0.15) is 19.3 Å². The number of carbonyl (C=O) groups is 2. The molecular weight excluding hydrogens is 1290 g/mol. The highest BCUT2D eigenvalue weighted by atomic mass is 32.2. The molecule has 0 aliphatic heterocycles. The van der Waals surface area contributed by atoms with Crippen LogP contribution in [0.25, 0.3) is 0 Å². The molecule has 0 spiro atoms. The van der Waals surface area contributed by atoms with Gasteiger partial charge in [0.2, 0.25) is 0 Å². The zero-order valence-corrected chi connectivity index (χ0v) is 35.5. The zero-order chi connectivity index (χ0) is 64.9. The molecule has 0 rings (SSSR count). The number of hydrogen-bond donors (Lipinski definition) is 1. The van der Waals surface area contributed by atoms with Gasteiger partial charge in [-0.25, -0.2) is 5.26 Å². The van der Waals surface area contributed by atoms with Crippen LogP contribution in [0.15, 0.2) is 0 Å². The monoisotopic (exact) mass is 1310 g/mol. The number of carbonyl (C=O) groups excluding carboxylic acids is 2. The molecule has 0 saturated heterocycles. The Bertz CT molecular complexity index is 2300. The van der Waals surface area contributed by atoms with Crippen molar-refractivity contribution in [2.24, 2.45) is 0 Å². The molecular formula is C28H12F42O8S. The van der Waals surface area contributed by atoms with Gasteiger partial charge in [0.25, 0.3) is 0 Å². The Hall–Kier alpha value is -4.13. The number of ether oxygens (including phenoxy) is 2. The van der Waals surface area contributed by atoms with Crippen LogP contribution in [0.3, 0.4) is 0 Å². The van der Waals surface area contributed by atoms with Gasteiger partial charge in [-0.05, 0) is 0 Å². The van der Waals surface area contributed by atoms with Gasteiger partial charge in [0, 0.05) is 0 Å². The van der Waals surface area contributed by atoms with E-state index < -0.39 is 179 Å². The fraction of sp³-hybridized carbons (Fsp3) is 0.929. The smallest absolute Gasteiger partial charge is 0.460 e. The molecule has 1 atom stereocenters. The summed E-state index contributed by atoms with van der Waals surface area (Å²) in [4.78, 5) is 23.9. The molecule has 0 bridgehead atoms. The van der Waals surface area contributed by atoms with Crippen molar-refractivity contribution in [3.63, 3.8) is 0 Å². The quantitative estimate of drug-likeness (QED) is 0.0374. The van der Waals surface area contributed by atoms with E-state index in [-0.39, 0.29) is 0 Å². The lowest BCUT2D eigenvalue weighted by molar-refractivity contribution is -0.474. The van der Waals surface area contributed by atoms with Crippen LogP contribution in [-0.4, -0.2) is 163 Å². The summed E-state index contributed by atoms with van der Waals surface area (Å²) >= 11 is 0. The molecule has 0 radical (unpaired) electrons. The highest BCUT2D eigenvalue weighted by molar-refractivity contribution is 7.88. The van der Waals surface area contributed by atoms with Crippen LogP contribution in [0.2, 0.25) is 0 Å². The summed E-state index contributed by atoms with van der Waals surface area (Å²) < 4.78 is 601. The highest BCUT2D eigenvalue weighted by Gasteiger charge is 3.00. The van der Waals surface area contributed by atoms with Crippen LogP contribution >= 0.6 is 0 Å². The molecule has 0 fully saturated rings. The van der Waals surface area contributed by atoms with E-state index in [0.29, 0.717) is 0 Å². The first-order chi connectivity index (χ1) is 33.7. The van der Waals surface area contributed by atoms with Crippen LogP contribution in [0, 0.1) is 0 Å². The maximum atomic E-state index is 14.2. The minimum atomic E-state index is -9.66. The SMILES string of the molecule is O=C(CC(C(=O)OCCC(F)(F)C(F)(F)C(F)(F)C(F)(F)C(F)(F)C(F)(F)C(F)(F)C(F)(F)C(F)(F)C(F)(F)F)S(=O)(=O)OO)OCCC(F)(F)C(F)(F)C(F)(F)C(F)(F)C(F)(F)C(F)(F)C(F)(F)C(F)(F)C(F)(F)C(F)(F)F. The summed E-state index contributed by atoms with van der Waals surface area (Å²) in [6, 6.07) is 0. The summed E-state index contributed by atoms with van der Waals surface area (Å²) in [6.07, 6.45) is -27.3. The van der Waals surface area contributed by atoms with Crippen molar-refractivity contribution in [1.29, 1.82) is 0 Å². The van der Waals surface area contributed by atoms with Gasteiger partial charge in [-0.1, -0.05) is 0 Å². The lowest BCUT2D eigenvalue weighted by Gasteiger charge is -2.44. The Labute approximate surface area is 401 Å². The van der Waals surface area contributed by atoms with Gasteiger partial charge < -0.3 is 9.47 Å². The fourth-order valence-corrected chi connectivity index (χ4v) is 5.47. The van der Waals surface area contributed by atoms with E-state index in [1.54, 1.807) is 0 Å². The summed E-state index contributed by atoms with van der Waals surface area (Å²) in [5.41, 5.74) is 0. The van der Waals surface area contributed by atoms with Crippen molar-refractivity contribution < 1.29 is 221 Å². The second-order valence-electron chi connectivity index (χ2n) is 14.7. The van der Waals surface area contributed by atoms with Crippen molar-refractivity contribution in [3.05, 3.63) is 0 Å². The molecule has 0 saturated carbocycles. The predicted molar refractivity (Wildman–Crippen MR) is 153 cm³/mol. The van der Waals surface area contributed by atoms with Gasteiger partial charge in [0.15, 0.2) is 5.25 Å². The molecule has 79 heavy (non-hydrogen) atoms. The summed E-state index contributed by atoms with van der Waals surface area (Å²) in [6.45, 7) is -6.36. The molecule has 0 aliphatic carbocycles. The Morgan fingerprint density at radius 3 is 0.709 bits per heavy atom. The molecule has 0 aromatic rings. The number of halogens is 42. The Kier molecular flexibility index (Phi) is 19.3. The maximum absolute atomic E-state index is 14.2. The zero-order valence-electron chi connectivity index (χ0n) is 34.7. The summed E-state index contributed by atoms with van der Waals surface area (Å²) in [7, 11) is -6.67. The van der Waals surface area contributed by atoms with E-state index in [4.69, 9.17) is 5.26 Å². The van der Waals surface area contributed by atoms with Gasteiger partial charge >= 0.3 is 141 Å². The predicted octanol–water partition coefficient (Wildman–Crippen LogP) is 13.0. The first kappa shape index (κ1) is 74.9. The van der Waals surface area contributed by atoms with Crippen molar-refractivity contribution in [2.45, 2.75) is 143 Å². The third-order valence-corrected chi connectivity index (χ3v) is 10.8. The molecule has 51 heteroatoms. The highest BCUT2D eigenvalue weighted by Crippen LogP contribution is 2.69. The third-order valence-electron chi connectivity index (χ3n) is 9.56. The topological polar surface area (TPSA) is 116 Å². The molecule has 0 amide bonds. The lowest BCUT2D eigenvalue weighted by Crippen LogP contribution is -2.76. The standard InChI is InChI=1S/C28H12F42O8S/c29-9(30,11(33,34)13(37,38)15(41,42)17(45,46)19(49,50)21(53,54)23(57,58)25(61,62)27(65,66)67)1-3-76-7(71)5-6(79(74,75)78-73)8(72)77-4-2-10(31,32)12(35,36)14(39,40)16(43,44)18(47,48)20(51,52)22(55,56)24(59,60)26(63,64)28(68,69)70/h6,73H,1-5H2. The van der Waals surface area contributed by atoms with Gasteiger partial charge in [0.05, 0.1) is 32.5 Å². The van der Waals surface area contributed by atoms with Crippen LogP contribution < -0.4 is 0 Å². The number of alkyl halides is 42. The molecule has 0 aromatic carbocycles. The Morgan fingerprint density at radius 1 is 0.316 bits per heavy atom. The molecule has 0 heterocycles. The molecule has 472 valence electrons. The summed E-state index contributed by atoms with van der Waals surface area (Å²) in [5, 5.41) is 4.15. The second-order valence-corrected chi connectivity index (χ2v) is 16.4. The van der Waals surface area contributed by atoms with Crippen molar-refractivity contribution in [1.82, 2.24) is 0 Å². The van der Waals surface area contributed by atoms with E-state index in [2.05, 4.69) is 13.8 Å². The summed E-state index contributed by atoms with van der Waals surface area (Å²) in [5.74, 6) is -170. The largest absolute Gasteiger partial charge is 0.465 e. The maximum Gasteiger partial charge on any atom is 0.460 e. The molecule has 0 aromatic heterocycles. The van der Waals surface area contributed by atoms with E-state index in [1.165, 1.54) is 0 Å². The van der Waals surface area contributed by atoms with Gasteiger partial charge in [0.1, 0.15) is 0 Å². The lowest BCUT2D eigenvalue weighted by atomic mass is 9.86. The molecule has 1 unspecified atom stereocenters. The van der Waals surface area contributed by atoms with Crippen LogP contribution in [0.5, 0.6) is 0 Å². The molecule has 1 N–H and O–H groups in total. The average Bonchev–Trinajstić information content (AvgIpc) is 3.23. The minimum Gasteiger partial charge on any atom is -0.465 e. The number of hydrogen-bond acceptors (Lipinski definition) is 8. The van der Waals surface area contributed by atoms with Crippen LogP contribution in [-0.2, 0) is 33.5 Å². The van der Waals surface area contributed by atoms with Crippen molar-refractivity contribution in [3.8, 4) is 0 Å².